The minimum Gasteiger partial charge on any atom is -0.486 e. The average Bonchev–Trinajstić information content (AvgIpc) is 3.14. The lowest BCUT2D eigenvalue weighted by Crippen LogP contribution is -2.08. The van der Waals surface area contributed by atoms with Gasteiger partial charge in [-0.1, -0.05) is 47.1 Å². The number of halogens is 2. The predicted molar refractivity (Wildman–Crippen MR) is 119 cm³/mol. The molecule has 7 heteroatoms. The number of nitrogens with zero attached hydrogens (tertiary/aromatic N) is 3. The molecule has 0 bridgehead atoms. The van der Waals surface area contributed by atoms with Gasteiger partial charge in [-0.05, 0) is 73.6 Å². The lowest BCUT2D eigenvalue weighted by atomic mass is 9.92. The van der Waals surface area contributed by atoms with E-state index in [0.717, 1.165) is 41.0 Å². The van der Waals surface area contributed by atoms with Gasteiger partial charge in [-0.2, -0.15) is 0 Å². The van der Waals surface area contributed by atoms with Crippen LogP contribution in [-0.2, 0) is 31.7 Å². The third kappa shape index (κ3) is 4.90. The standard InChI is InChI=1S/C22H23Cl2N3OS/c1-2-27-21(13-28-18-9-8-16-5-3-4-6-17(16)12-18)25-26-22(27)29-14-15-7-10-19(23)20(24)11-15/h7-12H,2-6,13-14H2,1H3. The number of benzene rings is 2. The van der Waals surface area contributed by atoms with Gasteiger partial charge in [-0.25, -0.2) is 0 Å². The second kappa shape index (κ2) is 9.41. The average molecular weight is 448 g/mol. The summed E-state index contributed by atoms with van der Waals surface area (Å²) in [7, 11) is 0. The number of aromatic nitrogens is 3. The Morgan fingerprint density at radius 1 is 1.00 bits per heavy atom. The maximum absolute atomic E-state index is 6.11. The topological polar surface area (TPSA) is 39.9 Å². The SMILES string of the molecule is CCn1c(COc2ccc3c(c2)CCCC3)nnc1SCc1ccc(Cl)c(Cl)c1. The zero-order valence-electron chi connectivity index (χ0n) is 16.3. The molecule has 152 valence electrons. The van der Waals surface area contributed by atoms with E-state index < -0.39 is 0 Å². The fourth-order valence-electron chi connectivity index (χ4n) is 3.57. The minimum absolute atomic E-state index is 0.410. The van der Waals surface area contributed by atoms with Crippen LogP contribution in [0.5, 0.6) is 5.75 Å². The van der Waals surface area contributed by atoms with E-state index >= 15 is 0 Å². The van der Waals surface area contributed by atoms with Gasteiger partial charge in [0.2, 0.25) is 0 Å². The summed E-state index contributed by atoms with van der Waals surface area (Å²) in [6.07, 6.45) is 4.88. The van der Waals surface area contributed by atoms with Gasteiger partial charge in [0.1, 0.15) is 12.4 Å². The van der Waals surface area contributed by atoms with Gasteiger partial charge in [0.15, 0.2) is 11.0 Å². The molecule has 0 aliphatic heterocycles. The molecule has 1 aliphatic carbocycles. The monoisotopic (exact) mass is 447 g/mol. The highest BCUT2D eigenvalue weighted by Crippen LogP contribution is 2.28. The van der Waals surface area contributed by atoms with Gasteiger partial charge in [0, 0.05) is 12.3 Å². The summed E-state index contributed by atoms with van der Waals surface area (Å²) in [5.74, 6) is 2.49. The molecule has 3 aromatic rings. The van der Waals surface area contributed by atoms with Crippen LogP contribution in [0.1, 0.15) is 42.3 Å². The van der Waals surface area contributed by atoms with Gasteiger partial charge in [0.25, 0.3) is 0 Å². The molecular formula is C22H23Cl2N3OS. The molecule has 0 fully saturated rings. The summed E-state index contributed by atoms with van der Waals surface area (Å²) in [5.41, 5.74) is 3.98. The van der Waals surface area contributed by atoms with Crippen LogP contribution in [0.15, 0.2) is 41.6 Å². The third-order valence-corrected chi connectivity index (χ3v) is 6.93. The molecule has 29 heavy (non-hydrogen) atoms. The molecular weight excluding hydrogens is 425 g/mol. The molecule has 0 N–H and O–H groups in total. The maximum atomic E-state index is 6.11. The molecule has 2 aromatic carbocycles. The first-order valence-corrected chi connectivity index (χ1v) is 11.6. The molecule has 0 radical (unpaired) electrons. The van der Waals surface area contributed by atoms with Gasteiger partial charge >= 0.3 is 0 Å². The van der Waals surface area contributed by atoms with E-state index in [1.54, 1.807) is 11.8 Å². The van der Waals surface area contributed by atoms with Crippen molar-refractivity contribution in [1.29, 1.82) is 0 Å². The van der Waals surface area contributed by atoms with Crippen molar-refractivity contribution in [1.82, 2.24) is 14.8 Å². The second-order valence-electron chi connectivity index (χ2n) is 7.11. The van der Waals surface area contributed by atoms with Crippen LogP contribution in [-0.4, -0.2) is 14.8 Å². The summed E-state index contributed by atoms with van der Waals surface area (Å²) in [6.45, 7) is 3.29. The first-order valence-electron chi connectivity index (χ1n) is 9.87. The lowest BCUT2D eigenvalue weighted by Gasteiger charge is -2.16. The van der Waals surface area contributed by atoms with E-state index in [0.29, 0.717) is 16.7 Å². The molecule has 1 heterocycles. The smallest absolute Gasteiger partial charge is 0.191 e. The highest BCUT2D eigenvalue weighted by Gasteiger charge is 2.14. The number of thioether (sulfide) groups is 1. The highest BCUT2D eigenvalue weighted by atomic mass is 35.5. The van der Waals surface area contributed by atoms with E-state index in [2.05, 4.69) is 39.9 Å². The number of aryl methyl sites for hydroxylation is 2. The van der Waals surface area contributed by atoms with Gasteiger partial charge < -0.3 is 9.30 Å². The number of hydrogen-bond donors (Lipinski definition) is 0. The zero-order valence-corrected chi connectivity index (χ0v) is 18.7. The molecule has 4 nitrogen and oxygen atoms in total. The maximum Gasteiger partial charge on any atom is 0.191 e. The van der Waals surface area contributed by atoms with Gasteiger partial charge in [-0.3, -0.25) is 0 Å². The fraction of sp³-hybridized carbons (Fsp3) is 0.364. The summed E-state index contributed by atoms with van der Waals surface area (Å²) >= 11 is 13.7. The molecule has 0 amide bonds. The van der Waals surface area contributed by atoms with E-state index in [9.17, 15) is 0 Å². The van der Waals surface area contributed by atoms with Crippen LogP contribution in [0.3, 0.4) is 0 Å². The molecule has 0 saturated carbocycles. The zero-order chi connectivity index (χ0) is 20.2. The normalized spacial score (nSPS) is 13.3. The molecule has 0 atom stereocenters. The first-order chi connectivity index (χ1) is 14.1. The van der Waals surface area contributed by atoms with Crippen LogP contribution >= 0.6 is 35.0 Å². The molecule has 0 spiro atoms. The molecule has 1 aromatic heterocycles. The Balaban J connectivity index is 1.41. The number of ether oxygens (including phenoxy) is 1. The number of rotatable bonds is 7. The molecule has 0 unspecified atom stereocenters. The van der Waals surface area contributed by atoms with Crippen molar-refractivity contribution in [3.63, 3.8) is 0 Å². The van der Waals surface area contributed by atoms with Crippen molar-refractivity contribution in [2.75, 3.05) is 0 Å². The van der Waals surface area contributed by atoms with Crippen molar-refractivity contribution in [2.24, 2.45) is 0 Å². The van der Waals surface area contributed by atoms with Crippen LogP contribution in [0.25, 0.3) is 0 Å². The van der Waals surface area contributed by atoms with Gasteiger partial charge in [0.05, 0.1) is 10.0 Å². The van der Waals surface area contributed by atoms with Crippen molar-refractivity contribution in [3.8, 4) is 5.75 Å². The van der Waals surface area contributed by atoms with Gasteiger partial charge in [-0.15, -0.1) is 10.2 Å². The predicted octanol–water partition coefficient (Wildman–Crippen LogP) is 6.35. The quantitative estimate of drug-likeness (QED) is 0.395. The molecule has 4 rings (SSSR count). The summed E-state index contributed by atoms with van der Waals surface area (Å²) in [6, 6.07) is 12.1. The van der Waals surface area contributed by atoms with Crippen molar-refractivity contribution in [3.05, 3.63) is 69.0 Å². The van der Waals surface area contributed by atoms with Crippen molar-refractivity contribution >= 4 is 35.0 Å². The second-order valence-corrected chi connectivity index (χ2v) is 8.86. The van der Waals surface area contributed by atoms with Crippen LogP contribution in [0.2, 0.25) is 10.0 Å². The van der Waals surface area contributed by atoms with Crippen LogP contribution in [0.4, 0.5) is 0 Å². The largest absolute Gasteiger partial charge is 0.486 e. The Bertz CT molecular complexity index is 1010. The summed E-state index contributed by atoms with van der Waals surface area (Å²) < 4.78 is 8.14. The minimum atomic E-state index is 0.410. The summed E-state index contributed by atoms with van der Waals surface area (Å²) in [4.78, 5) is 0. The summed E-state index contributed by atoms with van der Waals surface area (Å²) in [5, 5.41) is 10.7. The van der Waals surface area contributed by atoms with Crippen LogP contribution in [0, 0.1) is 0 Å². The Kier molecular flexibility index (Phi) is 6.68. The molecule has 0 saturated heterocycles. The lowest BCUT2D eigenvalue weighted by molar-refractivity contribution is 0.287. The highest BCUT2D eigenvalue weighted by molar-refractivity contribution is 7.98. The number of fused-ring (bicyclic) bond motifs is 1. The molecule has 1 aliphatic rings. The fourth-order valence-corrected chi connectivity index (χ4v) is 4.86. The Hall–Kier alpha value is -1.69. The Morgan fingerprint density at radius 2 is 1.83 bits per heavy atom. The van der Waals surface area contributed by atoms with E-state index in [4.69, 9.17) is 27.9 Å². The Labute approximate surface area is 185 Å². The van der Waals surface area contributed by atoms with E-state index in [1.807, 2.05) is 18.2 Å². The van der Waals surface area contributed by atoms with E-state index in [1.165, 1.54) is 30.4 Å². The van der Waals surface area contributed by atoms with Crippen LogP contribution < -0.4 is 4.74 Å². The number of hydrogen-bond acceptors (Lipinski definition) is 4. The van der Waals surface area contributed by atoms with Crippen molar-refractivity contribution in [2.45, 2.75) is 56.7 Å². The Morgan fingerprint density at radius 3 is 2.62 bits per heavy atom. The third-order valence-electron chi connectivity index (χ3n) is 5.15. The van der Waals surface area contributed by atoms with Crippen molar-refractivity contribution < 1.29 is 4.74 Å². The van der Waals surface area contributed by atoms with E-state index in [-0.39, 0.29) is 0 Å². The first kappa shape index (κ1) is 20.6.